The minimum atomic E-state index is -0.497. The van der Waals surface area contributed by atoms with Crippen molar-refractivity contribution in [3.8, 4) is 0 Å². The van der Waals surface area contributed by atoms with Gasteiger partial charge in [0.25, 0.3) is 0 Å². The summed E-state index contributed by atoms with van der Waals surface area (Å²) in [5.41, 5.74) is 1.34. The molecule has 0 aliphatic heterocycles. The fourth-order valence-corrected chi connectivity index (χ4v) is 1.20. The van der Waals surface area contributed by atoms with Crippen molar-refractivity contribution in [2.45, 2.75) is 20.0 Å². The molecule has 0 aliphatic carbocycles. The normalized spacial score (nSPS) is 11.6. The number of nitrogens with one attached hydrogen (secondary N) is 2. The molecule has 0 saturated carbocycles. The first-order valence-electron chi connectivity index (χ1n) is 5.13. The van der Waals surface area contributed by atoms with Crippen molar-refractivity contribution in [2.24, 2.45) is 0 Å². The summed E-state index contributed by atoms with van der Waals surface area (Å²) in [5, 5.41) is 9.66. The van der Waals surface area contributed by atoms with Crippen molar-refractivity contribution in [3.05, 3.63) is 35.9 Å². The van der Waals surface area contributed by atoms with Crippen molar-refractivity contribution in [1.29, 1.82) is 5.41 Å². The third-order valence-corrected chi connectivity index (χ3v) is 2.05. The molecular formula is C12H16N2O2. The van der Waals surface area contributed by atoms with Gasteiger partial charge < -0.3 is 15.5 Å². The average molecular weight is 220 g/mol. The minimum absolute atomic E-state index is 0.223. The van der Waals surface area contributed by atoms with Gasteiger partial charge in [0.05, 0.1) is 6.54 Å². The van der Waals surface area contributed by atoms with E-state index in [1.165, 1.54) is 0 Å². The largest absolute Gasteiger partial charge is 0.442 e. The summed E-state index contributed by atoms with van der Waals surface area (Å²) in [5.74, 6) is 0. The highest BCUT2D eigenvalue weighted by atomic mass is 16.6. The van der Waals surface area contributed by atoms with Crippen LogP contribution in [-0.4, -0.2) is 18.3 Å². The Morgan fingerprint density at radius 2 is 2.06 bits per heavy atom. The molecule has 1 atom stereocenters. The summed E-state index contributed by atoms with van der Waals surface area (Å²) in [7, 11) is 0. The monoisotopic (exact) mass is 220 g/mol. The van der Waals surface area contributed by atoms with Crippen LogP contribution < -0.4 is 5.32 Å². The van der Waals surface area contributed by atoms with Crippen molar-refractivity contribution < 1.29 is 9.53 Å². The average Bonchev–Trinajstić information content (AvgIpc) is 2.27. The van der Waals surface area contributed by atoms with Gasteiger partial charge in [-0.15, -0.1) is 0 Å². The molecule has 0 saturated heterocycles. The van der Waals surface area contributed by atoms with E-state index in [1.807, 2.05) is 37.3 Å². The first-order valence-corrected chi connectivity index (χ1v) is 5.13. The molecule has 0 aromatic heterocycles. The molecule has 16 heavy (non-hydrogen) atoms. The Balaban J connectivity index is 2.43. The number of amides is 1. The van der Waals surface area contributed by atoms with E-state index in [-0.39, 0.29) is 12.6 Å². The molecule has 4 heteroatoms. The van der Waals surface area contributed by atoms with Crippen LogP contribution in [0.15, 0.2) is 30.3 Å². The van der Waals surface area contributed by atoms with Gasteiger partial charge in [-0.1, -0.05) is 30.3 Å². The predicted molar refractivity (Wildman–Crippen MR) is 62.7 cm³/mol. The molecule has 0 spiro atoms. The number of hydrogen-bond donors (Lipinski definition) is 2. The highest BCUT2D eigenvalue weighted by molar-refractivity contribution is 5.84. The second-order valence-electron chi connectivity index (χ2n) is 3.59. The standard InChI is InChI=1S/C12H16N2O2/c1-9(13)8-14-12(15)16-10(2)11-6-4-3-5-7-11/h3-7,10,13H,8H2,1-2H3,(H,14,15)/t10-/m1/s1. The minimum Gasteiger partial charge on any atom is -0.442 e. The van der Waals surface area contributed by atoms with E-state index in [2.05, 4.69) is 5.32 Å². The zero-order chi connectivity index (χ0) is 12.0. The number of rotatable bonds is 4. The van der Waals surface area contributed by atoms with E-state index in [0.29, 0.717) is 5.71 Å². The molecule has 1 amide bonds. The zero-order valence-corrected chi connectivity index (χ0v) is 9.49. The number of alkyl carbamates (subject to hydrolysis) is 1. The van der Waals surface area contributed by atoms with Crippen molar-refractivity contribution >= 4 is 11.8 Å². The molecule has 0 aliphatic rings. The Kier molecular flexibility index (Phi) is 4.51. The highest BCUT2D eigenvalue weighted by Crippen LogP contribution is 2.15. The maximum Gasteiger partial charge on any atom is 0.408 e. The molecule has 1 rings (SSSR count). The Morgan fingerprint density at radius 1 is 1.44 bits per heavy atom. The van der Waals surface area contributed by atoms with Crippen molar-refractivity contribution in [2.75, 3.05) is 6.54 Å². The molecule has 0 fully saturated rings. The molecular weight excluding hydrogens is 204 g/mol. The fraction of sp³-hybridized carbons (Fsp3) is 0.333. The van der Waals surface area contributed by atoms with Crippen LogP contribution in [0.3, 0.4) is 0 Å². The van der Waals surface area contributed by atoms with Crippen LogP contribution in [0.5, 0.6) is 0 Å². The molecule has 0 bridgehead atoms. The molecule has 2 N–H and O–H groups in total. The van der Waals surface area contributed by atoms with Gasteiger partial charge in [0, 0.05) is 5.71 Å². The third kappa shape index (κ3) is 4.13. The fourth-order valence-electron chi connectivity index (χ4n) is 1.20. The van der Waals surface area contributed by atoms with Crippen LogP contribution in [0.25, 0.3) is 0 Å². The smallest absolute Gasteiger partial charge is 0.408 e. The first kappa shape index (κ1) is 12.2. The van der Waals surface area contributed by atoms with E-state index < -0.39 is 6.09 Å². The molecule has 0 radical (unpaired) electrons. The summed E-state index contributed by atoms with van der Waals surface area (Å²) in [6, 6.07) is 9.51. The van der Waals surface area contributed by atoms with Gasteiger partial charge in [-0.05, 0) is 19.4 Å². The number of hydrogen-bond acceptors (Lipinski definition) is 3. The van der Waals surface area contributed by atoms with Crippen LogP contribution in [-0.2, 0) is 4.74 Å². The lowest BCUT2D eigenvalue weighted by Gasteiger charge is -2.13. The second kappa shape index (κ2) is 5.90. The molecule has 4 nitrogen and oxygen atoms in total. The molecule has 0 heterocycles. The van der Waals surface area contributed by atoms with E-state index in [1.54, 1.807) is 6.92 Å². The second-order valence-corrected chi connectivity index (χ2v) is 3.59. The van der Waals surface area contributed by atoms with Crippen molar-refractivity contribution in [3.63, 3.8) is 0 Å². The Morgan fingerprint density at radius 3 is 2.62 bits per heavy atom. The maximum atomic E-state index is 11.3. The zero-order valence-electron chi connectivity index (χ0n) is 9.49. The lowest BCUT2D eigenvalue weighted by molar-refractivity contribution is 0.108. The van der Waals surface area contributed by atoms with E-state index in [4.69, 9.17) is 10.1 Å². The van der Waals surface area contributed by atoms with Gasteiger partial charge in [0.2, 0.25) is 0 Å². The first-order chi connectivity index (χ1) is 7.59. The number of benzene rings is 1. The summed E-state index contributed by atoms with van der Waals surface area (Å²) in [4.78, 5) is 11.3. The lowest BCUT2D eigenvalue weighted by Crippen LogP contribution is -2.29. The van der Waals surface area contributed by atoms with Crippen LogP contribution in [0, 0.1) is 5.41 Å². The van der Waals surface area contributed by atoms with Crippen LogP contribution in [0.4, 0.5) is 4.79 Å². The maximum absolute atomic E-state index is 11.3. The molecule has 86 valence electrons. The van der Waals surface area contributed by atoms with Gasteiger partial charge >= 0.3 is 6.09 Å². The summed E-state index contributed by atoms with van der Waals surface area (Å²) >= 11 is 0. The van der Waals surface area contributed by atoms with E-state index in [9.17, 15) is 4.79 Å². The third-order valence-electron chi connectivity index (χ3n) is 2.05. The van der Waals surface area contributed by atoms with E-state index in [0.717, 1.165) is 5.56 Å². The number of ether oxygens (including phenoxy) is 1. The Hall–Kier alpha value is -1.84. The lowest BCUT2D eigenvalue weighted by atomic mass is 10.1. The molecule has 1 aromatic carbocycles. The van der Waals surface area contributed by atoms with Crippen LogP contribution in [0.1, 0.15) is 25.5 Å². The van der Waals surface area contributed by atoms with Gasteiger partial charge in [-0.2, -0.15) is 0 Å². The number of carbonyl (C=O) groups is 1. The van der Waals surface area contributed by atoms with Crippen LogP contribution in [0.2, 0.25) is 0 Å². The topological polar surface area (TPSA) is 62.2 Å². The summed E-state index contributed by atoms with van der Waals surface area (Å²) < 4.78 is 5.14. The SMILES string of the molecule is CC(=N)CNC(=O)O[C@H](C)c1ccccc1. The van der Waals surface area contributed by atoms with Gasteiger partial charge in [-0.25, -0.2) is 4.79 Å². The highest BCUT2D eigenvalue weighted by Gasteiger charge is 2.10. The van der Waals surface area contributed by atoms with E-state index >= 15 is 0 Å². The predicted octanol–water partition coefficient (Wildman–Crippen LogP) is 2.51. The molecule has 1 aromatic rings. The van der Waals surface area contributed by atoms with Gasteiger partial charge in [0.15, 0.2) is 0 Å². The Bertz CT molecular complexity index is 363. The molecule has 0 unspecified atom stereocenters. The van der Waals surface area contributed by atoms with Crippen LogP contribution >= 0.6 is 0 Å². The van der Waals surface area contributed by atoms with Gasteiger partial charge in [-0.3, -0.25) is 0 Å². The number of carbonyl (C=O) groups excluding carboxylic acids is 1. The Labute approximate surface area is 95.1 Å². The quantitative estimate of drug-likeness (QED) is 0.766. The summed E-state index contributed by atoms with van der Waals surface area (Å²) in [6.45, 7) is 3.66. The van der Waals surface area contributed by atoms with Crippen molar-refractivity contribution in [1.82, 2.24) is 5.32 Å². The summed E-state index contributed by atoms with van der Waals surface area (Å²) in [6.07, 6.45) is -0.782. The van der Waals surface area contributed by atoms with Gasteiger partial charge in [0.1, 0.15) is 6.10 Å².